The van der Waals surface area contributed by atoms with Crippen LogP contribution in [-0.2, 0) is 23.3 Å². The van der Waals surface area contributed by atoms with Gasteiger partial charge in [-0.1, -0.05) is 53.5 Å². The zero-order valence-electron chi connectivity index (χ0n) is 21.1. The van der Waals surface area contributed by atoms with E-state index in [4.69, 9.17) is 37.4 Å². The van der Waals surface area contributed by atoms with Gasteiger partial charge in [0.1, 0.15) is 17.8 Å². The number of hydrogen-bond donors (Lipinski definition) is 1. The Hall–Kier alpha value is -4.20. The lowest BCUT2D eigenvalue weighted by Crippen LogP contribution is -2.42. The number of nitrogens with one attached hydrogen (secondary N) is 1. The maximum atomic E-state index is 14.3. The van der Waals surface area contributed by atoms with E-state index < -0.39 is 5.41 Å². The van der Waals surface area contributed by atoms with E-state index >= 15 is 0 Å². The summed E-state index contributed by atoms with van der Waals surface area (Å²) in [4.78, 5) is 29.0. The molecule has 0 fully saturated rings. The molecule has 1 spiro atoms. The molecule has 200 valence electrons. The molecule has 7 rings (SSSR count). The Morgan fingerprint density at radius 1 is 0.825 bits per heavy atom. The van der Waals surface area contributed by atoms with E-state index in [0.29, 0.717) is 39.4 Å². The van der Waals surface area contributed by atoms with Crippen molar-refractivity contribution in [1.82, 2.24) is 5.32 Å². The topological polar surface area (TPSA) is 77.1 Å². The van der Waals surface area contributed by atoms with E-state index in [1.54, 1.807) is 41.3 Å². The van der Waals surface area contributed by atoms with E-state index in [0.717, 1.165) is 27.9 Å². The average Bonchev–Trinajstić information content (AvgIpc) is 3.63. The maximum Gasteiger partial charge on any atom is 0.251 e. The summed E-state index contributed by atoms with van der Waals surface area (Å²) >= 11 is 12.2. The first-order valence-corrected chi connectivity index (χ1v) is 13.5. The van der Waals surface area contributed by atoms with Crippen LogP contribution in [0.2, 0.25) is 10.0 Å². The number of anilines is 1. The molecule has 0 radical (unpaired) electrons. The van der Waals surface area contributed by atoms with Crippen LogP contribution in [0.1, 0.15) is 32.6 Å². The summed E-state index contributed by atoms with van der Waals surface area (Å²) in [6.07, 6.45) is 0. The lowest BCUT2D eigenvalue weighted by molar-refractivity contribution is -0.122. The maximum absolute atomic E-state index is 14.3. The third-order valence-electron chi connectivity index (χ3n) is 7.55. The normalized spacial score (nSPS) is 18.1. The number of fused-ring (bicyclic) bond motifs is 5. The Balaban J connectivity index is 1.16. The smallest absolute Gasteiger partial charge is 0.251 e. The van der Waals surface area contributed by atoms with E-state index in [2.05, 4.69) is 5.32 Å². The second kappa shape index (κ2) is 9.47. The molecule has 9 heteroatoms. The molecule has 40 heavy (non-hydrogen) atoms. The highest BCUT2D eigenvalue weighted by molar-refractivity contribution is 6.34. The summed E-state index contributed by atoms with van der Waals surface area (Å²) in [7, 11) is 0. The van der Waals surface area contributed by atoms with Crippen molar-refractivity contribution in [2.24, 2.45) is 0 Å². The summed E-state index contributed by atoms with van der Waals surface area (Å²) in [6.45, 7) is 0.899. The minimum atomic E-state index is -0.986. The molecular formula is C31H22Cl2N2O5. The van der Waals surface area contributed by atoms with Gasteiger partial charge in [-0.25, -0.2) is 0 Å². The summed E-state index contributed by atoms with van der Waals surface area (Å²) in [5.74, 6) is 1.51. The van der Waals surface area contributed by atoms with Gasteiger partial charge < -0.3 is 24.4 Å². The summed E-state index contributed by atoms with van der Waals surface area (Å²) in [5.41, 5.74) is 3.59. The van der Waals surface area contributed by atoms with Gasteiger partial charge in [0.2, 0.25) is 12.7 Å². The van der Waals surface area contributed by atoms with Gasteiger partial charge in [0, 0.05) is 39.5 Å². The molecule has 4 aromatic carbocycles. The number of carbonyl (C=O) groups is 2. The highest BCUT2D eigenvalue weighted by atomic mass is 35.5. The van der Waals surface area contributed by atoms with Gasteiger partial charge in [-0.3, -0.25) is 9.59 Å². The number of hydrogen-bond acceptors (Lipinski definition) is 5. The molecule has 0 aliphatic carbocycles. The van der Waals surface area contributed by atoms with Crippen molar-refractivity contribution in [2.45, 2.75) is 18.5 Å². The molecule has 1 atom stereocenters. The lowest BCUT2D eigenvalue weighted by atomic mass is 9.77. The van der Waals surface area contributed by atoms with Crippen LogP contribution >= 0.6 is 23.2 Å². The van der Waals surface area contributed by atoms with Gasteiger partial charge in [-0.05, 0) is 59.2 Å². The van der Waals surface area contributed by atoms with Gasteiger partial charge in [0.05, 0.1) is 6.54 Å². The molecular weight excluding hydrogens is 551 g/mol. The number of halogens is 2. The first-order valence-electron chi connectivity index (χ1n) is 12.7. The quantitative estimate of drug-likeness (QED) is 0.323. The van der Waals surface area contributed by atoms with Crippen LogP contribution in [0.25, 0.3) is 0 Å². The van der Waals surface area contributed by atoms with Crippen LogP contribution in [0, 0.1) is 0 Å². The molecule has 0 saturated heterocycles. The van der Waals surface area contributed by atoms with Crippen LogP contribution < -0.4 is 24.4 Å². The number of amides is 2. The van der Waals surface area contributed by atoms with Crippen molar-refractivity contribution < 1.29 is 23.8 Å². The predicted molar refractivity (Wildman–Crippen MR) is 151 cm³/mol. The highest BCUT2D eigenvalue weighted by Gasteiger charge is 2.57. The van der Waals surface area contributed by atoms with Crippen LogP contribution in [0.4, 0.5) is 5.69 Å². The van der Waals surface area contributed by atoms with E-state index in [1.165, 1.54) is 0 Å². The van der Waals surface area contributed by atoms with Gasteiger partial charge in [0.15, 0.2) is 11.5 Å². The molecule has 3 aliphatic rings. The Kier molecular flexibility index (Phi) is 5.87. The number of nitrogens with zero attached hydrogens (tertiary/aromatic N) is 1. The fourth-order valence-electron chi connectivity index (χ4n) is 5.71. The first kappa shape index (κ1) is 24.8. The number of rotatable bonds is 5. The van der Waals surface area contributed by atoms with Crippen molar-refractivity contribution in [3.05, 3.63) is 117 Å². The first-order chi connectivity index (χ1) is 19.4. The Labute approximate surface area is 240 Å². The fraction of sp³-hybridized carbons (Fsp3) is 0.161. The van der Waals surface area contributed by atoms with Crippen molar-refractivity contribution in [3.8, 4) is 17.2 Å². The number of benzene rings is 4. The van der Waals surface area contributed by atoms with Gasteiger partial charge in [-0.15, -0.1) is 0 Å². The zero-order valence-corrected chi connectivity index (χ0v) is 22.6. The molecule has 0 bridgehead atoms. The highest BCUT2D eigenvalue weighted by Crippen LogP contribution is 2.55. The fourth-order valence-corrected chi connectivity index (χ4v) is 6.28. The third kappa shape index (κ3) is 3.96. The van der Waals surface area contributed by atoms with Crippen molar-refractivity contribution in [2.75, 3.05) is 18.3 Å². The minimum Gasteiger partial charge on any atom is -0.491 e. The van der Waals surface area contributed by atoms with Crippen LogP contribution in [-0.4, -0.2) is 25.2 Å². The average molecular weight is 573 g/mol. The Morgan fingerprint density at radius 3 is 2.42 bits per heavy atom. The summed E-state index contributed by atoms with van der Waals surface area (Å²) in [6, 6.07) is 23.9. The zero-order chi connectivity index (χ0) is 27.4. The number of carbonyl (C=O) groups excluding carboxylic acids is 2. The molecule has 1 N–H and O–H groups in total. The van der Waals surface area contributed by atoms with Crippen molar-refractivity contribution in [3.63, 3.8) is 0 Å². The van der Waals surface area contributed by atoms with Crippen molar-refractivity contribution >= 4 is 40.7 Å². The van der Waals surface area contributed by atoms with Crippen LogP contribution in [0.5, 0.6) is 17.2 Å². The van der Waals surface area contributed by atoms with E-state index in [9.17, 15) is 9.59 Å². The molecule has 1 unspecified atom stereocenters. The largest absolute Gasteiger partial charge is 0.491 e. The van der Waals surface area contributed by atoms with Crippen LogP contribution in [0.3, 0.4) is 0 Å². The molecule has 0 saturated carbocycles. The molecule has 3 aliphatic heterocycles. The second-order valence-electron chi connectivity index (χ2n) is 9.96. The van der Waals surface area contributed by atoms with Crippen LogP contribution in [0.15, 0.2) is 78.9 Å². The SMILES string of the molecule is O=C(NCc1cc(Cl)cc(Cl)c1)c1cccc(CN2C(=O)C3(COc4cc5c(cc43)OCO5)c3ccccc32)c1. The standard InChI is InChI=1S/C31H22Cl2N2O5/c32-21-9-19(10-22(33)11-21)14-34-29(36)20-5-3-4-18(8-20)15-35-25-7-2-1-6-23(25)31(30(35)37)16-38-26-13-28-27(12-24(26)31)39-17-40-28/h1-13H,14-17H2,(H,34,36). The van der Waals surface area contributed by atoms with Gasteiger partial charge in [0.25, 0.3) is 5.91 Å². The summed E-state index contributed by atoms with van der Waals surface area (Å²) in [5, 5.41) is 3.92. The molecule has 2 amide bonds. The molecule has 0 aromatic heterocycles. The molecule has 3 heterocycles. The van der Waals surface area contributed by atoms with Gasteiger partial charge in [-0.2, -0.15) is 0 Å². The number of para-hydroxylation sites is 1. The Bertz CT molecular complexity index is 1690. The summed E-state index contributed by atoms with van der Waals surface area (Å²) < 4.78 is 17.2. The number of ether oxygens (including phenoxy) is 3. The van der Waals surface area contributed by atoms with E-state index in [-0.39, 0.29) is 31.8 Å². The second-order valence-corrected chi connectivity index (χ2v) is 10.8. The molecule has 7 nitrogen and oxygen atoms in total. The Morgan fingerprint density at radius 2 is 1.60 bits per heavy atom. The lowest BCUT2D eigenvalue weighted by Gasteiger charge is -2.23. The van der Waals surface area contributed by atoms with E-state index in [1.807, 2.05) is 42.5 Å². The predicted octanol–water partition coefficient (Wildman–Crippen LogP) is 5.88. The molecule has 4 aromatic rings. The third-order valence-corrected chi connectivity index (χ3v) is 7.99. The minimum absolute atomic E-state index is 0.0843. The van der Waals surface area contributed by atoms with Crippen molar-refractivity contribution in [1.29, 1.82) is 0 Å². The van der Waals surface area contributed by atoms with Gasteiger partial charge >= 0.3 is 0 Å². The monoisotopic (exact) mass is 572 g/mol.